The van der Waals surface area contributed by atoms with E-state index in [0.29, 0.717) is 12.1 Å². The average molecular weight is 302 g/mol. The van der Waals surface area contributed by atoms with Gasteiger partial charge in [0.05, 0.1) is 6.54 Å². The van der Waals surface area contributed by atoms with Gasteiger partial charge < -0.3 is 10.4 Å². The van der Waals surface area contributed by atoms with Gasteiger partial charge in [0.1, 0.15) is 0 Å². The Morgan fingerprint density at radius 1 is 1.43 bits per heavy atom. The summed E-state index contributed by atoms with van der Waals surface area (Å²) in [5, 5.41) is 13.2. The Morgan fingerprint density at radius 3 is 2.95 bits per heavy atom. The van der Waals surface area contributed by atoms with Gasteiger partial charge in [-0.2, -0.15) is 0 Å². The first-order valence-electron chi connectivity index (χ1n) is 6.24. The van der Waals surface area contributed by atoms with Crippen molar-refractivity contribution >= 4 is 29.3 Å². The number of carboxylic acids is 1. The number of aliphatic carboxylic acids is 1. The number of nitrogens with zero attached hydrogens (tertiary/aromatic N) is 1. The molecule has 0 saturated heterocycles. The summed E-state index contributed by atoms with van der Waals surface area (Å²) in [6.07, 6.45) is 4.21. The third kappa shape index (κ3) is 4.54. The molecule has 2 N–H and O–H groups in total. The molecule has 6 heteroatoms. The molecule has 1 amide bonds. The molecule has 2 aromatic rings. The number of thiophene rings is 1. The van der Waals surface area contributed by atoms with E-state index in [1.54, 1.807) is 18.3 Å². The summed E-state index contributed by atoms with van der Waals surface area (Å²) in [5.41, 5.74) is 2.18. The number of pyridine rings is 1. The Hall–Kier alpha value is -2.47. The average Bonchev–Trinajstić information content (AvgIpc) is 2.90. The van der Waals surface area contributed by atoms with Crippen LogP contribution in [-0.4, -0.2) is 22.0 Å². The van der Waals surface area contributed by atoms with E-state index in [-0.39, 0.29) is 5.91 Å². The summed E-state index contributed by atoms with van der Waals surface area (Å²) in [7, 11) is 0. The molecule has 0 unspecified atom stereocenters. The molecule has 0 aliphatic rings. The van der Waals surface area contributed by atoms with Gasteiger partial charge in [0, 0.05) is 28.4 Å². The van der Waals surface area contributed by atoms with Crippen LogP contribution in [0.1, 0.15) is 26.5 Å². The molecular formula is C15H14N2O3S. The third-order valence-corrected chi connectivity index (χ3v) is 3.63. The molecule has 0 saturated carbocycles. The van der Waals surface area contributed by atoms with Gasteiger partial charge in [-0.1, -0.05) is 0 Å². The van der Waals surface area contributed by atoms with Crippen molar-refractivity contribution in [2.75, 3.05) is 0 Å². The van der Waals surface area contributed by atoms with Crippen LogP contribution in [0, 0.1) is 6.92 Å². The number of carbonyl (C=O) groups excluding carboxylic acids is 1. The smallest absolute Gasteiger partial charge is 0.328 e. The second kappa shape index (κ2) is 6.81. The fourth-order valence-electron chi connectivity index (χ4n) is 1.70. The molecule has 2 heterocycles. The van der Waals surface area contributed by atoms with Crippen LogP contribution in [0.2, 0.25) is 0 Å². The van der Waals surface area contributed by atoms with Crippen molar-refractivity contribution in [2.24, 2.45) is 0 Å². The SMILES string of the molecule is Cc1cc(C(=O)NCc2cc(/C=C/C(=O)O)cs2)ccn1. The summed E-state index contributed by atoms with van der Waals surface area (Å²) in [5.74, 6) is -1.14. The highest BCUT2D eigenvalue weighted by molar-refractivity contribution is 7.10. The van der Waals surface area contributed by atoms with Crippen LogP contribution in [0.4, 0.5) is 0 Å². The van der Waals surface area contributed by atoms with E-state index in [0.717, 1.165) is 22.2 Å². The fraction of sp³-hybridized carbons (Fsp3) is 0.133. The minimum absolute atomic E-state index is 0.156. The maximum atomic E-state index is 12.0. The van der Waals surface area contributed by atoms with Gasteiger partial charge in [-0.3, -0.25) is 9.78 Å². The zero-order valence-electron chi connectivity index (χ0n) is 11.4. The van der Waals surface area contributed by atoms with E-state index in [1.165, 1.54) is 17.4 Å². The van der Waals surface area contributed by atoms with Crippen LogP contribution in [0.15, 0.2) is 35.9 Å². The van der Waals surface area contributed by atoms with E-state index >= 15 is 0 Å². The lowest BCUT2D eigenvalue weighted by molar-refractivity contribution is -0.131. The molecule has 0 bridgehead atoms. The summed E-state index contributed by atoms with van der Waals surface area (Å²) in [6, 6.07) is 5.24. The van der Waals surface area contributed by atoms with Crippen LogP contribution in [-0.2, 0) is 11.3 Å². The molecule has 108 valence electrons. The molecule has 0 atom stereocenters. The highest BCUT2D eigenvalue weighted by Crippen LogP contribution is 2.16. The second-order valence-corrected chi connectivity index (χ2v) is 5.38. The quantitative estimate of drug-likeness (QED) is 0.832. The molecule has 0 radical (unpaired) electrons. The Morgan fingerprint density at radius 2 is 2.24 bits per heavy atom. The first kappa shape index (κ1) is 14.9. The molecule has 2 rings (SSSR count). The van der Waals surface area contributed by atoms with E-state index in [4.69, 9.17) is 5.11 Å². The highest BCUT2D eigenvalue weighted by atomic mass is 32.1. The topological polar surface area (TPSA) is 79.3 Å². The molecule has 21 heavy (non-hydrogen) atoms. The van der Waals surface area contributed by atoms with Gasteiger partial charge >= 0.3 is 5.97 Å². The number of rotatable bonds is 5. The van der Waals surface area contributed by atoms with Crippen molar-refractivity contribution < 1.29 is 14.7 Å². The lowest BCUT2D eigenvalue weighted by Crippen LogP contribution is -2.22. The predicted octanol–water partition coefficient (Wildman–Crippen LogP) is 2.48. The number of hydrogen-bond acceptors (Lipinski definition) is 4. The first-order valence-corrected chi connectivity index (χ1v) is 7.12. The van der Waals surface area contributed by atoms with Gasteiger partial charge in [0.15, 0.2) is 0 Å². The lowest BCUT2D eigenvalue weighted by Gasteiger charge is -2.03. The number of aromatic nitrogens is 1. The maximum Gasteiger partial charge on any atom is 0.328 e. The van der Waals surface area contributed by atoms with Gasteiger partial charge in [-0.25, -0.2) is 4.79 Å². The van der Waals surface area contributed by atoms with Crippen LogP contribution in [0.5, 0.6) is 0 Å². The molecule has 5 nitrogen and oxygen atoms in total. The number of carbonyl (C=O) groups is 2. The number of hydrogen-bond donors (Lipinski definition) is 2. The largest absolute Gasteiger partial charge is 0.478 e. The molecule has 2 aromatic heterocycles. The second-order valence-electron chi connectivity index (χ2n) is 4.39. The number of nitrogens with one attached hydrogen (secondary N) is 1. The molecule has 0 aromatic carbocycles. The Kier molecular flexibility index (Phi) is 4.84. The lowest BCUT2D eigenvalue weighted by atomic mass is 10.2. The van der Waals surface area contributed by atoms with E-state index < -0.39 is 5.97 Å². The van der Waals surface area contributed by atoms with Crippen LogP contribution >= 0.6 is 11.3 Å². The van der Waals surface area contributed by atoms with Crippen molar-refractivity contribution in [1.82, 2.24) is 10.3 Å². The van der Waals surface area contributed by atoms with Gasteiger partial charge in [0.2, 0.25) is 0 Å². The van der Waals surface area contributed by atoms with Crippen LogP contribution < -0.4 is 5.32 Å². The standard InChI is InChI=1S/C15H14N2O3S/c1-10-6-12(4-5-16-10)15(20)17-8-13-7-11(9-21-13)2-3-14(18)19/h2-7,9H,8H2,1H3,(H,17,20)(H,18,19)/b3-2+. The van der Waals surface area contributed by atoms with Crippen molar-refractivity contribution in [3.05, 3.63) is 57.6 Å². The summed E-state index contributed by atoms with van der Waals surface area (Å²) in [6.45, 7) is 2.24. The van der Waals surface area contributed by atoms with E-state index in [1.807, 2.05) is 18.4 Å². The van der Waals surface area contributed by atoms with Crippen molar-refractivity contribution in [3.63, 3.8) is 0 Å². The van der Waals surface area contributed by atoms with Crippen LogP contribution in [0.3, 0.4) is 0 Å². The predicted molar refractivity (Wildman–Crippen MR) is 81.1 cm³/mol. The summed E-state index contributed by atoms with van der Waals surface area (Å²) < 4.78 is 0. The monoisotopic (exact) mass is 302 g/mol. The fourth-order valence-corrected chi connectivity index (χ4v) is 2.50. The van der Waals surface area contributed by atoms with Crippen molar-refractivity contribution in [1.29, 1.82) is 0 Å². The highest BCUT2D eigenvalue weighted by Gasteiger charge is 2.06. The zero-order valence-corrected chi connectivity index (χ0v) is 12.2. The van der Waals surface area contributed by atoms with Gasteiger partial charge in [-0.05, 0) is 42.1 Å². The molecule has 0 aliphatic carbocycles. The van der Waals surface area contributed by atoms with Crippen LogP contribution in [0.25, 0.3) is 6.08 Å². The minimum atomic E-state index is -0.982. The van der Waals surface area contributed by atoms with E-state index in [9.17, 15) is 9.59 Å². The third-order valence-electron chi connectivity index (χ3n) is 2.67. The van der Waals surface area contributed by atoms with Gasteiger partial charge in [-0.15, -0.1) is 11.3 Å². The van der Waals surface area contributed by atoms with Crippen molar-refractivity contribution in [3.8, 4) is 0 Å². The number of amides is 1. The molecular weight excluding hydrogens is 288 g/mol. The Bertz CT molecular complexity index is 692. The number of aryl methyl sites for hydroxylation is 1. The maximum absolute atomic E-state index is 12.0. The molecule has 0 fully saturated rings. The summed E-state index contributed by atoms with van der Waals surface area (Å²) >= 11 is 1.47. The Balaban J connectivity index is 1.94. The number of carboxylic acid groups (broad SMARTS) is 1. The first-order chi connectivity index (χ1) is 10.0. The molecule has 0 aliphatic heterocycles. The minimum Gasteiger partial charge on any atom is -0.478 e. The molecule has 0 spiro atoms. The zero-order chi connectivity index (χ0) is 15.2. The van der Waals surface area contributed by atoms with E-state index in [2.05, 4.69) is 10.3 Å². The normalized spacial score (nSPS) is 10.7. The van der Waals surface area contributed by atoms with Gasteiger partial charge in [0.25, 0.3) is 5.91 Å². The summed E-state index contributed by atoms with van der Waals surface area (Å²) in [4.78, 5) is 27.4. The van der Waals surface area contributed by atoms with Crippen molar-refractivity contribution in [2.45, 2.75) is 13.5 Å². The Labute approximate surface area is 126 Å².